The second-order valence-corrected chi connectivity index (χ2v) is 5.11. The lowest BCUT2D eigenvalue weighted by atomic mass is 9.91. The molecule has 0 aromatic heterocycles. The summed E-state index contributed by atoms with van der Waals surface area (Å²) in [6, 6.07) is 5.61. The molecular formula is C14H17N3O4. The average Bonchev–Trinajstić information content (AvgIpc) is 2.96. The highest BCUT2D eigenvalue weighted by atomic mass is 16.6. The molecule has 0 bridgehead atoms. The Labute approximate surface area is 121 Å². The van der Waals surface area contributed by atoms with Crippen LogP contribution in [0.4, 0.5) is 11.4 Å². The fraction of sp³-hybridized carbons (Fsp3) is 0.429. The van der Waals surface area contributed by atoms with Gasteiger partial charge in [0.2, 0.25) is 5.91 Å². The van der Waals surface area contributed by atoms with Crippen molar-refractivity contribution in [2.45, 2.75) is 19.3 Å². The van der Waals surface area contributed by atoms with Crippen LogP contribution in [0.25, 0.3) is 0 Å². The van der Waals surface area contributed by atoms with Gasteiger partial charge in [0.25, 0.3) is 5.69 Å². The fourth-order valence-corrected chi connectivity index (χ4v) is 2.71. The Morgan fingerprint density at radius 2 is 1.86 bits per heavy atom. The molecule has 0 aliphatic heterocycles. The van der Waals surface area contributed by atoms with Crippen LogP contribution >= 0.6 is 0 Å². The third kappa shape index (κ3) is 3.43. The number of anilines is 1. The van der Waals surface area contributed by atoms with Gasteiger partial charge in [0.05, 0.1) is 11.5 Å². The zero-order valence-corrected chi connectivity index (χ0v) is 11.5. The molecule has 2 rings (SSSR count). The monoisotopic (exact) mass is 291 g/mol. The van der Waals surface area contributed by atoms with Crippen molar-refractivity contribution in [2.24, 2.45) is 17.6 Å². The van der Waals surface area contributed by atoms with E-state index in [-0.39, 0.29) is 35.8 Å². The molecule has 7 nitrogen and oxygen atoms in total. The third-order valence-electron chi connectivity index (χ3n) is 3.81. The fourth-order valence-electron chi connectivity index (χ4n) is 2.71. The summed E-state index contributed by atoms with van der Waals surface area (Å²) in [6.07, 6.45) is 2.18. The van der Waals surface area contributed by atoms with Crippen LogP contribution in [0.5, 0.6) is 0 Å². The predicted molar refractivity (Wildman–Crippen MR) is 76.6 cm³/mol. The minimum absolute atomic E-state index is 0.0370. The van der Waals surface area contributed by atoms with Crippen LogP contribution < -0.4 is 11.1 Å². The molecule has 1 saturated carbocycles. The summed E-state index contributed by atoms with van der Waals surface area (Å²) in [5, 5.41) is 13.3. The number of Topliss-reactive ketones (excluding diaryl/α,β-unsaturated/α-hetero) is 1. The van der Waals surface area contributed by atoms with E-state index in [1.54, 1.807) is 0 Å². The van der Waals surface area contributed by atoms with Crippen LogP contribution in [0.1, 0.15) is 19.3 Å². The number of benzene rings is 1. The maximum atomic E-state index is 12.2. The van der Waals surface area contributed by atoms with Gasteiger partial charge in [0.15, 0.2) is 0 Å². The SMILES string of the molecule is NCC(=O)C1CCC[C@@H]1C(=O)Nc1ccc([N+](=O)[O-])cc1. The van der Waals surface area contributed by atoms with Crippen LogP contribution in [-0.2, 0) is 9.59 Å². The molecular weight excluding hydrogens is 274 g/mol. The Morgan fingerprint density at radius 3 is 2.43 bits per heavy atom. The van der Waals surface area contributed by atoms with Gasteiger partial charge in [-0.3, -0.25) is 19.7 Å². The number of non-ortho nitro benzene ring substituents is 1. The van der Waals surface area contributed by atoms with Crippen molar-refractivity contribution in [3.05, 3.63) is 34.4 Å². The number of nitrogens with one attached hydrogen (secondary N) is 1. The van der Waals surface area contributed by atoms with Gasteiger partial charge in [-0.05, 0) is 25.0 Å². The van der Waals surface area contributed by atoms with Gasteiger partial charge in [0, 0.05) is 29.7 Å². The molecule has 7 heteroatoms. The molecule has 0 spiro atoms. The zero-order chi connectivity index (χ0) is 15.4. The lowest BCUT2D eigenvalue weighted by Gasteiger charge is -2.17. The average molecular weight is 291 g/mol. The first-order valence-corrected chi connectivity index (χ1v) is 6.81. The number of nitrogens with zero attached hydrogens (tertiary/aromatic N) is 1. The summed E-state index contributed by atoms with van der Waals surface area (Å²) in [6.45, 7) is -0.0496. The first-order valence-electron chi connectivity index (χ1n) is 6.81. The van der Waals surface area contributed by atoms with E-state index in [4.69, 9.17) is 5.73 Å². The summed E-state index contributed by atoms with van der Waals surface area (Å²) in [7, 11) is 0. The third-order valence-corrected chi connectivity index (χ3v) is 3.81. The summed E-state index contributed by atoms with van der Waals surface area (Å²) in [4.78, 5) is 34.0. The Hall–Kier alpha value is -2.28. The van der Waals surface area contributed by atoms with Crippen LogP contribution in [0, 0.1) is 22.0 Å². The molecule has 0 radical (unpaired) electrons. The summed E-state index contributed by atoms with van der Waals surface area (Å²) in [5.41, 5.74) is 5.81. The molecule has 1 aliphatic carbocycles. The van der Waals surface area contributed by atoms with Gasteiger partial charge in [-0.1, -0.05) is 6.42 Å². The first-order chi connectivity index (χ1) is 10.0. The first kappa shape index (κ1) is 15.1. The van der Waals surface area contributed by atoms with Gasteiger partial charge in [-0.2, -0.15) is 0 Å². The van der Waals surface area contributed by atoms with Crippen molar-refractivity contribution < 1.29 is 14.5 Å². The maximum Gasteiger partial charge on any atom is 0.269 e. The number of carbonyl (C=O) groups is 2. The Bertz CT molecular complexity index is 556. The Morgan fingerprint density at radius 1 is 1.24 bits per heavy atom. The Balaban J connectivity index is 2.03. The van der Waals surface area contributed by atoms with Crippen molar-refractivity contribution in [3.63, 3.8) is 0 Å². The van der Waals surface area contributed by atoms with Gasteiger partial charge >= 0.3 is 0 Å². The van der Waals surface area contributed by atoms with E-state index in [0.29, 0.717) is 18.5 Å². The van der Waals surface area contributed by atoms with E-state index in [2.05, 4.69) is 5.32 Å². The molecule has 1 aromatic carbocycles. The molecule has 3 N–H and O–H groups in total. The maximum absolute atomic E-state index is 12.2. The Kier molecular flexibility index (Phi) is 4.64. The number of ketones is 1. The van der Waals surface area contributed by atoms with Gasteiger partial charge in [-0.25, -0.2) is 0 Å². The molecule has 1 unspecified atom stereocenters. The number of hydrogen-bond donors (Lipinski definition) is 2. The largest absolute Gasteiger partial charge is 0.326 e. The highest BCUT2D eigenvalue weighted by Gasteiger charge is 2.36. The van der Waals surface area contributed by atoms with Crippen LogP contribution in [-0.4, -0.2) is 23.2 Å². The minimum Gasteiger partial charge on any atom is -0.326 e. The molecule has 1 aliphatic rings. The number of nitro groups is 1. The molecule has 1 fully saturated rings. The van der Waals surface area contributed by atoms with Gasteiger partial charge in [0.1, 0.15) is 5.78 Å². The lowest BCUT2D eigenvalue weighted by molar-refractivity contribution is -0.384. The minimum atomic E-state index is -0.501. The standard InChI is InChI=1S/C14H17N3O4/c15-8-13(18)11-2-1-3-12(11)14(19)16-9-4-6-10(7-5-9)17(20)21/h4-7,11-12H,1-3,8,15H2,(H,16,19)/t11?,12-/m0/s1. The van der Waals surface area contributed by atoms with Crippen LogP contribution in [0.3, 0.4) is 0 Å². The summed E-state index contributed by atoms with van der Waals surface area (Å²) in [5.74, 6) is -0.992. The number of amides is 1. The van der Waals surface area contributed by atoms with Gasteiger partial charge < -0.3 is 11.1 Å². The molecule has 21 heavy (non-hydrogen) atoms. The molecule has 0 heterocycles. The van der Waals surface area contributed by atoms with E-state index in [0.717, 1.165) is 6.42 Å². The number of hydrogen-bond acceptors (Lipinski definition) is 5. The zero-order valence-electron chi connectivity index (χ0n) is 11.5. The molecule has 2 atom stereocenters. The van der Waals surface area contributed by atoms with Crippen molar-refractivity contribution in [1.82, 2.24) is 0 Å². The summed E-state index contributed by atoms with van der Waals surface area (Å²) < 4.78 is 0. The second-order valence-electron chi connectivity index (χ2n) is 5.11. The number of nitrogens with two attached hydrogens (primary N) is 1. The number of carbonyl (C=O) groups excluding carboxylic acids is 2. The number of nitro benzene ring substituents is 1. The normalized spacial score (nSPS) is 21.0. The van der Waals surface area contributed by atoms with E-state index in [1.807, 2.05) is 0 Å². The van der Waals surface area contributed by atoms with Crippen LogP contribution in [0.2, 0.25) is 0 Å². The van der Waals surface area contributed by atoms with Crippen molar-refractivity contribution in [1.29, 1.82) is 0 Å². The molecule has 1 aromatic rings. The highest BCUT2D eigenvalue weighted by molar-refractivity contribution is 5.97. The summed E-state index contributed by atoms with van der Waals surface area (Å²) >= 11 is 0. The predicted octanol–water partition coefficient (Wildman–Crippen LogP) is 1.48. The van der Waals surface area contributed by atoms with E-state index in [1.165, 1.54) is 24.3 Å². The molecule has 1 amide bonds. The number of rotatable bonds is 5. The van der Waals surface area contributed by atoms with Gasteiger partial charge in [-0.15, -0.1) is 0 Å². The lowest BCUT2D eigenvalue weighted by Crippen LogP contribution is -2.33. The van der Waals surface area contributed by atoms with Crippen molar-refractivity contribution in [3.8, 4) is 0 Å². The molecule has 0 saturated heterocycles. The highest BCUT2D eigenvalue weighted by Crippen LogP contribution is 2.33. The van der Waals surface area contributed by atoms with Crippen molar-refractivity contribution >= 4 is 23.1 Å². The molecule has 112 valence electrons. The smallest absolute Gasteiger partial charge is 0.269 e. The topological polar surface area (TPSA) is 115 Å². The van der Waals surface area contributed by atoms with E-state index < -0.39 is 4.92 Å². The van der Waals surface area contributed by atoms with Crippen molar-refractivity contribution in [2.75, 3.05) is 11.9 Å². The van der Waals surface area contributed by atoms with E-state index in [9.17, 15) is 19.7 Å². The van der Waals surface area contributed by atoms with E-state index >= 15 is 0 Å². The van der Waals surface area contributed by atoms with Crippen LogP contribution in [0.15, 0.2) is 24.3 Å². The second kappa shape index (κ2) is 6.45. The quantitative estimate of drug-likeness (QED) is 0.629.